The molecule has 0 aromatic carbocycles. The van der Waals surface area contributed by atoms with Crippen LogP contribution in [0.3, 0.4) is 0 Å². The lowest BCUT2D eigenvalue weighted by molar-refractivity contribution is 1.29. The molecule has 2 N–H and O–H groups in total. The first kappa shape index (κ1) is 6.18. The molecule has 0 aliphatic rings. The van der Waals surface area contributed by atoms with Crippen molar-refractivity contribution in [3.63, 3.8) is 0 Å². The summed E-state index contributed by atoms with van der Waals surface area (Å²) in [7, 11) is -0.368. The van der Waals surface area contributed by atoms with Crippen LogP contribution in [0.15, 0.2) is 0 Å². The molecule has 0 aliphatic carbocycles. The molecule has 0 aliphatic heterocycles. The summed E-state index contributed by atoms with van der Waals surface area (Å²) < 4.78 is 0. The van der Waals surface area contributed by atoms with E-state index < -0.39 is 0 Å². The third-order valence-electron chi connectivity index (χ3n) is 0.908. The Morgan fingerprint density at radius 3 is 1.67 bits per heavy atom. The van der Waals surface area contributed by atoms with Gasteiger partial charge < -0.3 is 5.40 Å². The first-order valence-corrected chi connectivity index (χ1v) is 4.40. The van der Waals surface area contributed by atoms with E-state index in [-0.39, 0.29) is 8.96 Å². The van der Waals surface area contributed by atoms with Gasteiger partial charge in [0.25, 0.3) is 0 Å². The molecular formula is C4H12NSi. The average molecular weight is 102 g/mol. The van der Waals surface area contributed by atoms with Crippen LogP contribution in [-0.4, -0.2) is 8.96 Å². The maximum Gasteiger partial charge on any atom is 0.130 e. The summed E-state index contributed by atoms with van der Waals surface area (Å²) in [6.07, 6.45) is 0. The standard InChI is InChI=1S/C4H12NSi/c1-3-6(5)4-2/h3-5H2,1-2H3. The highest BCUT2D eigenvalue weighted by molar-refractivity contribution is 6.54. The van der Waals surface area contributed by atoms with Gasteiger partial charge in [-0.2, -0.15) is 0 Å². The van der Waals surface area contributed by atoms with E-state index in [1.54, 1.807) is 0 Å². The summed E-state index contributed by atoms with van der Waals surface area (Å²) in [5.41, 5.74) is 0. The van der Waals surface area contributed by atoms with Gasteiger partial charge in [-0.3, -0.25) is 0 Å². The van der Waals surface area contributed by atoms with Gasteiger partial charge in [-0.1, -0.05) is 13.8 Å². The molecule has 0 aromatic heterocycles. The van der Waals surface area contributed by atoms with E-state index in [1.165, 1.54) is 12.1 Å². The number of rotatable bonds is 2. The van der Waals surface area contributed by atoms with Gasteiger partial charge in [0, 0.05) is 0 Å². The molecule has 0 atom stereocenters. The lowest BCUT2D eigenvalue weighted by atomic mass is 10.9. The van der Waals surface area contributed by atoms with Crippen LogP contribution in [0.4, 0.5) is 0 Å². The fraction of sp³-hybridized carbons (Fsp3) is 1.00. The Morgan fingerprint density at radius 1 is 1.33 bits per heavy atom. The SMILES string of the molecule is CC[Si](N)CC. The van der Waals surface area contributed by atoms with E-state index in [9.17, 15) is 0 Å². The molecule has 37 valence electrons. The third-order valence-corrected chi connectivity index (χ3v) is 2.72. The Bertz CT molecular complexity index is 26.7. The maximum absolute atomic E-state index is 5.57. The summed E-state index contributed by atoms with van der Waals surface area (Å²) in [4.78, 5) is 0. The Morgan fingerprint density at radius 2 is 1.67 bits per heavy atom. The van der Waals surface area contributed by atoms with E-state index in [0.717, 1.165) is 0 Å². The Labute approximate surface area is 41.2 Å². The van der Waals surface area contributed by atoms with E-state index in [4.69, 9.17) is 5.40 Å². The quantitative estimate of drug-likeness (QED) is 0.517. The summed E-state index contributed by atoms with van der Waals surface area (Å²) >= 11 is 0. The van der Waals surface area contributed by atoms with Crippen molar-refractivity contribution in [1.29, 1.82) is 0 Å². The first-order chi connectivity index (χ1) is 2.81. The van der Waals surface area contributed by atoms with Gasteiger partial charge in [0.15, 0.2) is 0 Å². The number of hydrogen-bond donors (Lipinski definition) is 1. The third kappa shape index (κ3) is 2.42. The van der Waals surface area contributed by atoms with E-state index in [1.807, 2.05) is 0 Å². The van der Waals surface area contributed by atoms with Crippen LogP contribution in [0.1, 0.15) is 13.8 Å². The van der Waals surface area contributed by atoms with Gasteiger partial charge in [0.1, 0.15) is 8.96 Å². The van der Waals surface area contributed by atoms with Crippen LogP contribution >= 0.6 is 0 Å². The molecule has 0 saturated heterocycles. The van der Waals surface area contributed by atoms with E-state index >= 15 is 0 Å². The molecule has 0 saturated carbocycles. The van der Waals surface area contributed by atoms with Crippen molar-refractivity contribution < 1.29 is 0 Å². The monoisotopic (exact) mass is 102 g/mol. The molecule has 6 heavy (non-hydrogen) atoms. The summed E-state index contributed by atoms with van der Waals surface area (Å²) in [5.74, 6) is 0. The molecule has 0 heterocycles. The van der Waals surface area contributed by atoms with Gasteiger partial charge in [0.05, 0.1) is 0 Å². The molecule has 0 fully saturated rings. The van der Waals surface area contributed by atoms with Gasteiger partial charge in [-0.25, -0.2) is 0 Å². The fourth-order valence-corrected chi connectivity index (χ4v) is 0.750. The molecule has 0 bridgehead atoms. The predicted molar refractivity (Wildman–Crippen MR) is 30.9 cm³/mol. The summed E-state index contributed by atoms with van der Waals surface area (Å²) in [5, 5.41) is 5.57. The first-order valence-electron chi connectivity index (χ1n) is 2.41. The zero-order chi connectivity index (χ0) is 4.99. The zero-order valence-electron chi connectivity index (χ0n) is 4.49. The predicted octanol–water partition coefficient (Wildman–Crippen LogP) is 0.976. The molecule has 0 aromatic rings. The normalized spacial score (nSPS) is 10.0. The van der Waals surface area contributed by atoms with Crippen molar-refractivity contribution in [2.24, 2.45) is 5.40 Å². The minimum atomic E-state index is -0.368. The molecule has 0 amide bonds. The van der Waals surface area contributed by atoms with Crippen molar-refractivity contribution >= 4 is 8.96 Å². The highest BCUT2D eigenvalue weighted by atomic mass is 28.3. The van der Waals surface area contributed by atoms with Crippen molar-refractivity contribution in [2.75, 3.05) is 0 Å². The van der Waals surface area contributed by atoms with E-state index in [2.05, 4.69) is 13.8 Å². The zero-order valence-corrected chi connectivity index (χ0v) is 5.49. The van der Waals surface area contributed by atoms with Gasteiger partial charge in [-0.05, 0) is 12.1 Å². The highest BCUT2D eigenvalue weighted by Gasteiger charge is 1.93. The van der Waals surface area contributed by atoms with Gasteiger partial charge in [0.2, 0.25) is 0 Å². The second kappa shape index (κ2) is 3.37. The molecule has 1 nitrogen and oxygen atoms in total. The number of nitrogens with two attached hydrogens (primary N) is 1. The smallest absolute Gasteiger partial charge is 0.130 e. The fourth-order valence-electron chi connectivity index (χ4n) is 0.250. The average Bonchev–Trinajstić information content (AvgIpc) is 1.65. The van der Waals surface area contributed by atoms with Crippen LogP contribution in [-0.2, 0) is 0 Å². The molecule has 0 unspecified atom stereocenters. The van der Waals surface area contributed by atoms with E-state index in [0.29, 0.717) is 0 Å². The second-order valence-electron chi connectivity index (χ2n) is 1.37. The van der Waals surface area contributed by atoms with Crippen LogP contribution in [0, 0.1) is 0 Å². The van der Waals surface area contributed by atoms with Crippen LogP contribution in [0.25, 0.3) is 0 Å². The maximum atomic E-state index is 5.57. The van der Waals surface area contributed by atoms with Crippen molar-refractivity contribution in [1.82, 2.24) is 0 Å². The van der Waals surface area contributed by atoms with Crippen LogP contribution in [0.5, 0.6) is 0 Å². The van der Waals surface area contributed by atoms with Crippen molar-refractivity contribution in [3.05, 3.63) is 0 Å². The molecule has 2 heteroatoms. The molecule has 0 spiro atoms. The largest absolute Gasteiger partial charge is 0.352 e. The summed E-state index contributed by atoms with van der Waals surface area (Å²) in [6.45, 7) is 4.30. The Balaban J connectivity index is 2.75. The van der Waals surface area contributed by atoms with Crippen LogP contribution in [0.2, 0.25) is 12.1 Å². The van der Waals surface area contributed by atoms with Gasteiger partial charge >= 0.3 is 0 Å². The Hall–Kier alpha value is 0.177. The molecule has 1 radical (unpaired) electrons. The molecular weight excluding hydrogens is 90.1 g/mol. The minimum absolute atomic E-state index is 0.368. The highest BCUT2D eigenvalue weighted by Crippen LogP contribution is 1.86. The Kier molecular flexibility index (Phi) is 3.47. The topological polar surface area (TPSA) is 26.0 Å². The molecule has 0 rings (SSSR count). The van der Waals surface area contributed by atoms with Crippen molar-refractivity contribution in [3.8, 4) is 0 Å². The number of hydrogen-bond acceptors (Lipinski definition) is 1. The summed E-state index contributed by atoms with van der Waals surface area (Å²) in [6, 6.07) is 2.42. The van der Waals surface area contributed by atoms with Crippen LogP contribution < -0.4 is 5.40 Å². The minimum Gasteiger partial charge on any atom is -0.352 e. The lowest BCUT2D eigenvalue weighted by Gasteiger charge is -1.95. The van der Waals surface area contributed by atoms with Gasteiger partial charge in [-0.15, -0.1) is 0 Å². The lowest BCUT2D eigenvalue weighted by Crippen LogP contribution is -2.21. The second-order valence-corrected chi connectivity index (χ2v) is 4.10. The van der Waals surface area contributed by atoms with Crippen molar-refractivity contribution in [2.45, 2.75) is 25.9 Å².